The number of nitrogens with zero attached hydrogens (tertiary/aromatic N) is 2. The fourth-order valence-electron chi connectivity index (χ4n) is 1.29. The van der Waals surface area contributed by atoms with E-state index in [4.69, 9.17) is 5.11 Å². The van der Waals surface area contributed by atoms with Crippen LogP contribution in [0.5, 0.6) is 0 Å². The Labute approximate surface area is 69.2 Å². The summed E-state index contributed by atoms with van der Waals surface area (Å²) >= 11 is 0. The zero-order chi connectivity index (χ0) is 8.55. The average molecular weight is 164 g/mol. The molecule has 1 atom stereocenters. The van der Waals surface area contributed by atoms with Crippen molar-refractivity contribution in [3.05, 3.63) is 30.6 Å². The van der Waals surface area contributed by atoms with E-state index >= 15 is 0 Å². The summed E-state index contributed by atoms with van der Waals surface area (Å²) in [7, 11) is 0. The van der Waals surface area contributed by atoms with E-state index in [9.17, 15) is 4.79 Å². The number of hydrogen-bond donors (Lipinski definition) is 1. The van der Waals surface area contributed by atoms with Gasteiger partial charge in [-0.1, -0.05) is 0 Å². The third-order valence-corrected chi connectivity index (χ3v) is 1.94. The van der Waals surface area contributed by atoms with E-state index in [2.05, 4.69) is 4.98 Å². The molecular formula is C8H8N2O2. The lowest BCUT2D eigenvalue weighted by molar-refractivity contribution is -0.117. The van der Waals surface area contributed by atoms with Crippen LogP contribution >= 0.6 is 0 Å². The molecule has 4 heteroatoms. The molecule has 1 N–H and O–H groups in total. The van der Waals surface area contributed by atoms with Crippen LogP contribution in [0.4, 0.5) is 0 Å². The van der Waals surface area contributed by atoms with Crippen LogP contribution in [-0.4, -0.2) is 20.4 Å². The molecule has 2 rings (SSSR count). The van der Waals surface area contributed by atoms with Crippen molar-refractivity contribution in [1.82, 2.24) is 9.55 Å². The van der Waals surface area contributed by atoms with E-state index in [1.165, 1.54) is 0 Å². The van der Waals surface area contributed by atoms with Gasteiger partial charge in [-0.3, -0.25) is 4.79 Å². The number of aliphatic hydroxyl groups is 1. The maximum absolute atomic E-state index is 10.9. The van der Waals surface area contributed by atoms with Crippen LogP contribution in [0, 0.1) is 0 Å². The summed E-state index contributed by atoms with van der Waals surface area (Å²) in [6.45, 7) is 0. The highest BCUT2D eigenvalue weighted by atomic mass is 16.3. The Balaban J connectivity index is 2.25. The second-order valence-corrected chi connectivity index (χ2v) is 2.76. The number of carbonyl (C=O) groups excluding carboxylic acids is 1. The topological polar surface area (TPSA) is 55.1 Å². The average Bonchev–Trinajstić information content (AvgIpc) is 2.61. The van der Waals surface area contributed by atoms with Crippen molar-refractivity contribution in [2.24, 2.45) is 0 Å². The first kappa shape index (κ1) is 7.09. The van der Waals surface area contributed by atoms with Gasteiger partial charge in [0.15, 0.2) is 11.5 Å². The molecule has 0 amide bonds. The predicted molar refractivity (Wildman–Crippen MR) is 41.6 cm³/mol. The summed E-state index contributed by atoms with van der Waals surface area (Å²) in [5.41, 5.74) is 0. The van der Waals surface area contributed by atoms with Crippen LogP contribution in [0.25, 0.3) is 0 Å². The molecular weight excluding hydrogens is 156 g/mol. The second-order valence-electron chi connectivity index (χ2n) is 2.76. The molecule has 1 heterocycles. The zero-order valence-corrected chi connectivity index (χ0v) is 6.34. The van der Waals surface area contributed by atoms with Crippen molar-refractivity contribution >= 4 is 5.78 Å². The Morgan fingerprint density at radius 1 is 1.67 bits per heavy atom. The van der Waals surface area contributed by atoms with E-state index in [-0.39, 0.29) is 17.6 Å². The van der Waals surface area contributed by atoms with E-state index in [0.29, 0.717) is 6.42 Å². The lowest BCUT2D eigenvalue weighted by atomic mass is 10.2. The quantitative estimate of drug-likeness (QED) is 0.669. The lowest BCUT2D eigenvalue weighted by Gasteiger charge is -2.05. The molecule has 0 fully saturated rings. The zero-order valence-electron chi connectivity index (χ0n) is 6.34. The first-order valence-corrected chi connectivity index (χ1v) is 3.69. The minimum atomic E-state index is -0.200. The van der Waals surface area contributed by atoms with Crippen molar-refractivity contribution in [3.63, 3.8) is 0 Å². The smallest absolute Gasteiger partial charge is 0.199 e. The molecule has 1 aliphatic carbocycles. The molecule has 0 radical (unpaired) electrons. The molecule has 1 aromatic heterocycles. The van der Waals surface area contributed by atoms with Crippen molar-refractivity contribution in [1.29, 1.82) is 0 Å². The van der Waals surface area contributed by atoms with Crippen molar-refractivity contribution in [2.75, 3.05) is 0 Å². The molecule has 0 saturated carbocycles. The molecule has 1 aromatic rings. The third kappa shape index (κ3) is 1.01. The monoisotopic (exact) mass is 164 g/mol. The molecule has 0 saturated heterocycles. The number of imidazole rings is 1. The first-order chi connectivity index (χ1) is 5.77. The minimum absolute atomic E-state index is 0.0556. The number of hydrogen-bond acceptors (Lipinski definition) is 3. The fourth-order valence-corrected chi connectivity index (χ4v) is 1.29. The number of aliphatic hydroxyl groups excluding tert-OH is 1. The normalized spacial score (nSPS) is 22.8. The predicted octanol–water partition coefficient (Wildman–Crippen LogP) is 0.839. The first-order valence-electron chi connectivity index (χ1n) is 3.69. The standard InChI is InChI=1S/C8H8N2O2/c11-7-3-6(4-8(7)12)10-2-1-9-5-10/h1-3,5-6,11H,4H2. The van der Waals surface area contributed by atoms with Crippen molar-refractivity contribution in [2.45, 2.75) is 12.5 Å². The van der Waals surface area contributed by atoms with Gasteiger partial charge in [0.05, 0.1) is 12.4 Å². The number of Topliss-reactive ketones (excluding diaryl/α,β-unsaturated/α-hetero) is 1. The molecule has 0 spiro atoms. The Morgan fingerprint density at radius 3 is 3.00 bits per heavy atom. The van der Waals surface area contributed by atoms with Crippen LogP contribution < -0.4 is 0 Å². The Morgan fingerprint density at radius 2 is 2.50 bits per heavy atom. The highest BCUT2D eigenvalue weighted by Gasteiger charge is 2.23. The Kier molecular flexibility index (Phi) is 1.46. The SMILES string of the molecule is O=C1CC(n2ccnc2)C=C1O. The summed E-state index contributed by atoms with van der Waals surface area (Å²) in [5.74, 6) is -0.331. The van der Waals surface area contributed by atoms with Crippen LogP contribution in [0.2, 0.25) is 0 Å². The third-order valence-electron chi connectivity index (χ3n) is 1.94. The summed E-state index contributed by atoms with van der Waals surface area (Å²) in [6.07, 6.45) is 6.93. The second kappa shape index (κ2) is 2.48. The Bertz CT molecular complexity index is 327. The van der Waals surface area contributed by atoms with E-state index < -0.39 is 0 Å². The summed E-state index contributed by atoms with van der Waals surface area (Å²) in [4.78, 5) is 14.8. The highest BCUT2D eigenvalue weighted by molar-refractivity contribution is 5.95. The highest BCUT2D eigenvalue weighted by Crippen LogP contribution is 2.23. The lowest BCUT2D eigenvalue weighted by Crippen LogP contribution is -2.03. The van der Waals surface area contributed by atoms with Crippen molar-refractivity contribution in [3.8, 4) is 0 Å². The molecule has 0 aromatic carbocycles. The molecule has 1 unspecified atom stereocenters. The van der Waals surface area contributed by atoms with Gasteiger partial charge in [-0.05, 0) is 6.08 Å². The number of rotatable bonds is 1. The van der Waals surface area contributed by atoms with Gasteiger partial charge in [-0.15, -0.1) is 0 Å². The van der Waals surface area contributed by atoms with Gasteiger partial charge >= 0.3 is 0 Å². The van der Waals surface area contributed by atoms with Gasteiger partial charge in [0.2, 0.25) is 0 Å². The fraction of sp³-hybridized carbons (Fsp3) is 0.250. The minimum Gasteiger partial charge on any atom is -0.505 e. The van der Waals surface area contributed by atoms with Crippen LogP contribution in [-0.2, 0) is 4.79 Å². The van der Waals surface area contributed by atoms with Crippen LogP contribution in [0.1, 0.15) is 12.5 Å². The van der Waals surface area contributed by atoms with E-state index in [0.717, 1.165) is 0 Å². The van der Waals surface area contributed by atoms with Gasteiger partial charge in [-0.25, -0.2) is 4.98 Å². The number of allylic oxidation sites excluding steroid dienone is 2. The number of ketones is 1. The van der Waals surface area contributed by atoms with E-state index in [1.807, 2.05) is 0 Å². The maximum Gasteiger partial charge on any atom is 0.199 e. The molecule has 0 bridgehead atoms. The molecule has 12 heavy (non-hydrogen) atoms. The van der Waals surface area contributed by atoms with Gasteiger partial charge in [0, 0.05) is 18.8 Å². The number of carbonyl (C=O) groups is 1. The van der Waals surface area contributed by atoms with E-state index in [1.54, 1.807) is 29.4 Å². The van der Waals surface area contributed by atoms with Gasteiger partial charge in [-0.2, -0.15) is 0 Å². The maximum atomic E-state index is 10.9. The molecule has 0 aliphatic heterocycles. The summed E-state index contributed by atoms with van der Waals surface area (Å²) < 4.78 is 1.79. The van der Waals surface area contributed by atoms with Crippen LogP contribution in [0.3, 0.4) is 0 Å². The summed E-state index contributed by atoms with van der Waals surface area (Å²) in [5, 5.41) is 9.04. The van der Waals surface area contributed by atoms with Crippen LogP contribution in [0.15, 0.2) is 30.6 Å². The van der Waals surface area contributed by atoms with Gasteiger partial charge < -0.3 is 9.67 Å². The molecule has 62 valence electrons. The van der Waals surface area contributed by atoms with Gasteiger partial charge in [0.1, 0.15) is 0 Å². The largest absolute Gasteiger partial charge is 0.505 e. The molecule has 1 aliphatic rings. The van der Waals surface area contributed by atoms with Gasteiger partial charge in [0.25, 0.3) is 0 Å². The van der Waals surface area contributed by atoms with Crippen molar-refractivity contribution < 1.29 is 9.90 Å². The summed E-state index contributed by atoms with van der Waals surface area (Å²) in [6, 6.07) is -0.0556. The Hall–Kier alpha value is -1.58. The number of aromatic nitrogens is 2. The molecule has 4 nitrogen and oxygen atoms in total.